The zero-order chi connectivity index (χ0) is 21.4. The highest BCUT2D eigenvalue weighted by molar-refractivity contribution is 7.89. The van der Waals surface area contributed by atoms with Gasteiger partial charge in [0.2, 0.25) is 15.9 Å². The van der Waals surface area contributed by atoms with Crippen LogP contribution in [0.15, 0.2) is 64.5 Å². The summed E-state index contributed by atoms with van der Waals surface area (Å²) < 4.78 is 33.5. The molecule has 0 unspecified atom stereocenters. The normalized spacial score (nSPS) is 18.4. The summed E-state index contributed by atoms with van der Waals surface area (Å²) in [5, 5.41) is 13.4. The van der Waals surface area contributed by atoms with Gasteiger partial charge in [-0.05, 0) is 37.1 Å². The van der Waals surface area contributed by atoms with E-state index in [2.05, 4.69) is 25.0 Å². The number of nitrogens with zero attached hydrogens (tertiary/aromatic N) is 3. The van der Waals surface area contributed by atoms with Crippen LogP contribution in [0.1, 0.15) is 18.4 Å². The minimum atomic E-state index is -3.69. The number of benzene rings is 1. The topological polar surface area (TPSA) is 137 Å². The lowest BCUT2D eigenvalue weighted by Gasteiger charge is -2.37. The molecule has 0 bridgehead atoms. The second-order valence-corrected chi connectivity index (χ2v) is 9.11. The molecule has 0 saturated heterocycles. The molecule has 9 nitrogen and oxygen atoms in total. The molecule has 1 fully saturated rings. The number of rotatable bonds is 6. The fourth-order valence-electron chi connectivity index (χ4n) is 3.74. The molecule has 0 amide bonds. The van der Waals surface area contributed by atoms with Crippen LogP contribution in [-0.4, -0.2) is 35.5 Å². The van der Waals surface area contributed by atoms with E-state index in [9.17, 15) is 8.42 Å². The Morgan fingerprint density at radius 1 is 1.19 bits per heavy atom. The zero-order valence-electron chi connectivity index (χ0n) is 16.2. The molecule has 10 heteroatoms. The smallest absolute Gasteiger partial charge is 0.240 e. The predicted octanol–water partition coefficient (Wildman–Crippen LogP) is 3.01. The minimum Gasteiger partial charge on any atom is -0.444 e. The molecule has 1 aromatic carbocycles. The molecule has 0 aliphatic heterocycles. The number of fused-ring (bicyclic) bond motifs is 1. The van der Waals surface area contributed by atoms with Crippen molar-refractivity contribution in [3.63, 3.8) is 0 Å². The average Bonchev–Trinajstić information content (AvgIpc) is 3.44. The Balaban J connectivity index is 1.31. The van der Waals surface area contributed by atoms with E-state index < -0.39 is 10.0 Å². The largest absolute Gasteiger partial charge is 0.444 e. The van der Waals surface area contributed by atoms with E-state index >= 15 is 0 Å². The van der Waals surface area contributed by atoms with E-state index in [1.165, 1.54) is 18.4 Å². The summed E-state index contributed by atoms with van der Waals surface area (Å²) in [4.78, 5) is 11.8. The van der Waals surface area contributed by atoms with Crippen LogP contribution in [0.3, 0.4) is 0 Å². The average molecular weight is 434 g/mol. The fraction of sp³-hybridized carbons (Fsp3) is 0.190. The first-order chi connectivity index (χ1) is 15.0. The van der Waals surface area contributed by atoms with E-state index in [1.54, 1.807) is 24.5 Å². The molecule has 3 aromatic heterocycles. The number of oxazole rings is 1. The maximum Gasteiger partial charge on any atom is 0.240 e. The summed E-state index contributed by atoms with van der Waals surface area (Å²) in [5.41, 5.74) is 2.64. The van der Waals surface area contributed by atoms with Gasteiger partial charge in [0.05, 0.1) is 34.0 Å². The van der Waals surface area contributed by atoms with Crippen LogP contribution in [0.5, 0.6) is 0 Å². The predicted molar refractivity (Wildman–Crippen MR) is 114 cm³/mol. The third-order valence-corrected chi connectivity index (χ3v) is 6.85. The van der Waals surface area contributed by atoms with Crippen molar-refractivity contribution in [2.24, 2.45) is 0 Å². The van der Waals surface area contributed by atoms with Crippen molar-refractivity contribution >= 4 is 26.7 Å². The number of aromatic nitrogens is 3. The summed E-state index contributed by atoms with van der Waals surface area (Å²) in [6.07, 6.45) is 7.85. The Hall–Kier alpha value is -3.68. The Labute approximate surface area is 178 Å². The quantitative estimate of drug-likeness (QED) is 0.424. The van der Waals surface area contributed by atoms with E-state index in [4.69, 9.17) is 9.68 Å². The lowest BCUT2D eigenvalue weighted by atomic mass is 9.87. The first-order valence-corrected chi connectivity index (χ1v) is 11.2. The van der Waals surface area contributed by atoms with E-state index in [1.807, 2.05) is 18.3 Å². The highest BCUT2D eigenvalue weighted by atomic mass is 32.2. The molecule has 5 rings (SSSR count). The van der Waals surface area contributed by atoms with Gasteiger partial charge < -0.3 is 14.7 Å². The minimum absolute atomic E-state index is 0.0763. The van der Waals surface area contributed by atoms with Crippen LogP contribution in [0, 0.1) is 11.3 Å². The molecule has 0 atom stereocenters. The Morgan fingerprint density at radius 3 is 2.84 bits per heavy atom. The van der Waals surface area contributed by atoms with Crippen molar-refractivity contribution in [3.8, 4) is 17.5 Å². The number of sulfonamides is 1. The third-order valence-electron chi connectivity index (χ3n) is 5.33. The molecule has 31 heavy (non-hydrogen) atoms. The maximum absolute atomic E-state index is 12.6. The maximum atomic E-state index is 12.6. The molecule has 1 saturated carbocycles. The molecule has 3 N–H and O–H groups in total. The Morgan fingerprint density at radius 2 is 2.06 bits per heavy atom. The van der Waals surface area contributed by atoms with Gasteiger partial charge in [0, 0.05) is 29.9 Å². The monoisotopic (exact) mass is 434 g/mol. The molecule has 156 valence electrons. The lowest BCUT2D eigenvalue weighted by molar-refractivity contribution is 0.346. The van der Waals surface area contributed by atoms with E-state index in [0.29, 0.717) is 24.3 Å². The highest BCUT2D eigenvalue weighted by Crippen LogP contribution is 2.35. The second kappa shape index (κ2) is 7.54. The first-order valence-electron chi connectivity index (χ1n) is 9.68. The number of anilines is 1. The number of hydrogen-bond donors (Lipinski definition) is 3. The van der Waals surface area contributed by atoms with Gasteiger partial charge >= 0.3 is 0 Å². The van der Waals surface area contributed by atoms with Crippen LogP contribution in [-0.2, 0) is 10.0 Å². The number of H-pyrrole nitrogens is 1. The van der Waals surface area contributed by atoms with Gasteiger partial charge in [0.15, 0.2) is 0 Å². The van der Waals surface area contributed by atoms with Crippen molar-refractivity contribution in [2.75, 3.05) is 5.32 Å². The molecule has 4 aromatic rings. The van der Waals surface area contributed by atoms with Crippen molar-refractivity contribution in [1.29, 1.82) is 5.26 Å². The van der Waals surface area contributed by atoms with Gasteiger partial charge in [-0.2, -0.15) is 5.26 Å². The molecule has 0 spiro atoms. The standard InChI is InChI=1S/C21H18N6O3S/c22-11-13-2-1-3-16(8-13)31(28,29)27-15-9-14(10-15)26-19-17-4-5-23-20(17)25-12-18(19)21-24-6-7-30-21/h1-8,12,14-15,27H,9-10H2,(H2,23,25,26)/t14-,15+. The summed E-state index contributed by atoms with van der Waals surface area (Å²) >= 11 is 0. The number of aromatic amines is 1. The molecular formula is C21H18N6O3S. The second-order valence-electron chi connectivity index (χ2n) is 7.39. The van der Waals surface area contributed by atoms with Crippen LogP contribution in [0.2, 0.25) is 0 Å². The zero-order valence-corrected chi connectivity index (χ0v) is 17.1. The number of hydrogen-bond acceptors (Lipinski definition) is 7. The van der Waals surface area contributed by atoms with Crippen LogP contribution < -0.4 is 10.0 Å². The lowest BCUT2D eigenvalue weighted by Crippen LogP contribution is -2.49. The molecule has 1 aliphatic rings. The van der Waals surface area contributed by atoms with E-state index in [0.717, 1.165) is 22.3 Å². The van der Waals surface area contributed by atoms with Crippen molar-refractivity contribution < 1.29 is 12.8 Å². The van der Waals surface area contributed by atoms with Crippen molar-refractivity contribution in [1.82, 2.24) is 19.7 Å². The number of nitrogens with one attached hydrogen (secondary N) is 3. The summed E-state index contributed by atoms with van der Waals surface area (Å²) in [7, 11) is -3.69. The summed E-state index contributed by atoms with van der Waals surface area (Å²) in [6.45, 7) is 0. The molecular weight excluding hydrogens is 416 g/mol. The first kappa shape index (κ1) is 19.3. The van der Waals surface area contributed by atoms with Crippen molar-refractivity contribution in [3.05, 3.63) is 60.7 Å². The van der Waals surface area contributed by atoms with Crippen LogP contribution in [0.4, 0.5) is 5.69 Å². The van der Waals surface area contributed by atoms with E-state index in [-0.39, 0.29) is 17.0 Å². The van der Waals surface area contributed by atoms with Gasteiger partial charge in [0.1, 0.15) is 11.9 Å². The number of pyridine rings is 1. The van der Waals surface area contributed by atoms with Gasteiger partial charge in [-0.15, -0.1) is 0 Å². The van der Waals surface area contributed by atoms with Crippen molar-refractivity contribution in [2.45, 2.75) is 29.8 Å². The highest BCUT2D eigenvalue weighted by Gasteiger charge is 2.33. The summed E-state index contributed by atoms with van der Waals surface area (Å²) in [5.74, 6) is 0.465. The SMILES string of the molecule is N#Cc1cccc(S(=O)(=O)N[C@H]2C[C@@H](Nc3c(-c4ncco4)cnc4[nH]ccc34)C2)c1. The van der Waals surface area contributed by atoms with Gasteiger partial charge in [0.25, 0.3) is 0 Å². The Bertz CT molecular complexity index is 1380. The summed E-state index contributed by atoms with van der Waals surface area (Å²) in [6, 6.07) is 9.77. The van der Waals surface area contributed by atoms with Gasteiger partial charge in [-0.1, -0.05) is 6.07 Å². The molecule has 1 aliphatic carbocycles. The van der Waals surface area contributed by atoms with Crippen LogP contribution >= 0.6 is 0 Å². The number of nitriles is 1. The third kappa shape index (κ3) is 3.65. The molecule has 0 radical (unpaired) electrons. The van der Waals surface area contributed by atoms with Gasteiger partial charge in [-0.3, -0.25) is 0 Å². The Kier molecular flexibility index (Phi) is 4.69. The van der Waals surface area contributed by atoms with Gasteiger partial charge in [-0.25, -0.2) is 23.1 Å². The van der Waals surface area contributed by atoms with Crippen LogP contribution in [0.25, 0.3) is 22.5 Å². The molecule has 3 heterocycles. The fourth-order valence-corrected chi connectivity index (χ4v) is 5.05.